The van der Waals surface area contributed by atoms with Crippen LogP contribution in [-0.2, 0) is 6.61 Å². The number of ether oxygens (including phenoxy) is 2. The topological polar surface area (TPSA) is 57.4 Å². The molecule has 0 amide bonds. The van der Waals surface area contributed by atoms with E-state index in [4.69, 9.17) is 14.0 Å². The minimum Gasteiger partial charge on any atom is -0.493 e. The number of nitrogens with zero attached hydrogens (tertiary/aromatic N) is 2. The lowest BCUT2D eigenvalue weighted by Crippen LogP contribution is -1.98. The number of aryl methyl sites for hydroxylation is 2. The van der Waals surface area contributed by atoms with Crippen molar-refractivity contribution in [3.05, 3.63) is 83.4 Å². The summed E-state index contributed by atoms with van der Waals surface area (Å²) in [6.45, 7) is 4.55. The Hall–Kier alpha value is -3.60. The third-order valence-corrected chi connectivity index (χ3v) is 4.74. The van der Waals surface area contributed by atoms with Gasteiger partial charge in [-0.25, -0.2) is 0 Å². The number of methoxy groups -OCH3 is 1. The fourth-order valence-corrected chi connectivity index (χ4v) is 3.03. The van der Waals surface area contributed by atoms with Gasteiger partial charge in [0.05, 0.1) is 7.11 Å². The summed E-state index contributed by atoms with van der Waals surface area (Å²) in [4.78, 5) is 4.54. The van der Waals surface area contributed by atoms with Gasteiger partial charge in [-0.1, -0.05) is 53.2 Å². The van der Waals surface area contributed by atoms with E-state index in [0.717, 1.165) is 22.3 Å². The molecule has 0 unspecified atom stereocenters. The minimum absolute atomic E-state index is 0.468. The second-order valence-corrected chi connectivity index (χ2v) is 6.88. The lowest BCUT2D eigenvalue weighted by atomic mass is 10.1. The van der Waals surface area contributed by atoms with E-state index < -0.39 is 0 Å². The van der Waals surface area contributed by atoms with Crippen molar-refractivity contribution in [3.63, 3.8) is 0 Å². The van der Waals surface area contributed by atoms with Gasteiger partial charge in [0.25, 0.3) is 5.89 Å². The summed E-state index contributed by atoms with van der Waals surface area (Å²) in [5, 5.41) is 4.13. The number of rotatable bonds is 6. The SMILES string of the molecule is COc1cc(-c2noc(-c3ccccc3C)n2)ccc1OCc1ccc(C)cc1. The molecule has 5 nitrogen and oxygen atoms in total. The molecule has 0 fully saturated rings. The first kappa shape index (κ1) is 18.7. The Labute approximate surface area is 169 Å². The molecule has 0 saturated carbocycles. The zero-order chi connectivity index (χ0) is 20.2. The van der Waals surface area contributed by atoms with E-state index >= 15 is 0 Å². The molecular formula is C24H22N2O3. The van der Waals surface area contributed by atoms with Gasteiger partial charge in [0, 0.05) is 11.1 Å². The summed E-state index contributed by atoms with van der Waals surface area (Å²) in [7, 11) is 1.62. The summed E-state index contributed by atoms with van der Waals surface area (Å²) in [6.07, 6.45) is 0. The van der Waals surface area contributed by atoms with Crippen molar-refractivity contribution in [2.24, 2.45) is 0 Å². The molecule has 29 heavy (non-hydrogen) atoms. The highest BCUT2D eigenvalue weighted by Crippen LogP contribution is 2.33. The van der Waals surface area contributed by atoms with Gasteiger partial charge < -0.3 is 14.0 Å². The standard InChI is InChI=1S/C24H22N2O3/c1-16-8-10-18(11-9-16)15-28-21-13-12-19(14-22(21)27-3)23-25-24(29-26-23)20-7-5-4-6-17(20)2/h4-14H,15H2,1-3H3. The van der Waals surface area contributed by atoms with Crippen LogP contribution in [0.25, 0.3) is 22.8 Å². The van der Waals surface area contributed by atoms with Crippen molar-refractivity contribution in [3.8, 4) is 34.3 Å². The first-order chi connectivity index (χ1) is 14.1. The molecule has 0 aliphatic rings. The van der Waals surface area contributed by atoms with E-state index in [1.54, 1.807) is 7.11 Å². The van der Waals surface area contributed by atoms with Crippen LogP contribution in [0.1, 0.15) is 16.7 Å². The molecule has 3 aromatic carbocycles. The van der Waals surface area contributed by atoms with Crippen molar-refractivity contribution in [1.29, 1.82) is 0 Å². The van der Waals surface area contributed by atoms with Crippen LogP contribution in [0.2, 0.25) is 0 Å². The molecule has 0 spiro atoms. The maximum absolute atomic E-state index is 5.95. The smallest absolute Gasteiger partial charge is 0.258 e. The summed E-state index contributed by atoms with van der Waals surface area (Å²) >= 11 is 0. The maximum atomic E-state index is 5.95. The minimum atomic E-state index is 0.468. The molecule has 1 aromatic heterocycles. The van der Waals surface area contributed by atoms with Gasteiger partial charge in [-0.05, 0) is 49.2 Å². The second kappa shape index (κ2) is 8.19. The molecule has 0 saturated heterocycles. The Kier molecular flexibility index (Phi) is 5.29. The van der Waals surface area contributed by atoms with Gasteiger partial charge >= 0.3 is 0 Å². The van der Waals surface area contributed by atoms with Gasteiger partial charge in [0.15, 0.2) is 11.5 Å². The van der Waals surface area contributed by atoms with Crippen LogP contribution in [-0.4, -0.2) is 17.3 Å². The van der Waals surface area contributed by atoms with Gasteiger partial charge in [-0.15, -0.1) is 0 Å². The molecule has 0 atom stereocenters. The lowest BCUT2D eigenvalue weighted by molar-refractivity contribution is 0.284. The number of benzene rings is 3. The van der Waals surface area contributed by atoms with Crippen LogP contribution < -0.4 is 9.47 Å². The van der Waals surface area contributed by atoms with E-state index in [1.165, 1.54) is 5.56 Å². The predicted octanol–water partition coefficient (Wildman–Crippen LogP) is 5.61. The Morgan fingerprint density at radius 3 is 2.45 bits per heavy atom. The largest absolute Gasteiger partial charge is 0.493 e. The van der Waals surface area contributed by atoms with Gasteiger partial charge in [-0.2, -0.15) is 4.98 Å². The summed E-state index contributed by atoms with van der Waals surface area (Å²) < 4.78 is 16.9. The Morgan fingerprint density at radius 2 is 1.69 bits per heavy atom. The fraction of sp³-hybridized carbons (Fsp3) is 0.167. The molecule has 0 aliphatic carbocycles. The van der Waals surface area contributed by atoms with E-state index in [0.29, 0.717) is 29.8 Å². The molecule has 0 N–H and O–H groups in total. The van der Waals surface area contributed by atoms with E-state index in [-0.39, 0.29) is 0 Å². The van der Waals surface area contributed by atoms with E-state index in [2.05, 4.69) is 41.3 Å². The van der Waals surface area contributed by atoms with Crippen LogP contribution in [0.3, 0.4) is 0 Å². The summed E-state index contributed by atoms with van der Waals surface area (Å²) in [6, 6.07) is 21.8. The highest BCUT2D eigenvalue weighted by molar-refractivity contribution is 5.64. The Bertz CT molecular complexity index is 1120. The highest BCUT2D eigenvalue weighted by Gasteiger charge is 2.14. The van der Waals surface area contributed by atoms with Crippen LogP contribution in [0.4, 0.5) is 0 Å². The number of aromatic nitrogens is 2. The first-order valence-corrected chi connectivity index (χ1v) is 9.40. The highest BCUT2D eigenvalue weighted by atomic mass is 16.5. The molecule has 0 aliphatic heterocycles. The zero-order valence-electron chi connectivity index (χ0n) is 16.7. The average Bonchev–Trinajstić information content (AvgIpc) is 3.23. The molecule has 0 radical (unpaired) electrons. The molecular weight excluding hydrogens is 364 g/mol. The summed E-state index contributed by atoms with van der Waals surface area (Å²) in [5.41, 5.74) is 5.13. The van der Waals surface area contributed by atoms with Gasteiger partial charge in [0.2, 0.25) is 5.82 Å². The molecule has 4 aromatic rings. The monoisotopic (exact) mass is 386 g/mol. The predicted molar refractivity (Wildman–Crippen MR) is 112 cm³/mol. The third kappa shape index (κ3) is 4.14. The fourth-order valence-electron chi connectivity index (χ4n) is 3.03. The number of hydrogen-bond acceptors (Lipinski definition) is 5. The molecule has 5 heteroatoms. The van der Waals surface area contributed by atoms with Gasteiger partial charge in [0.1, 0.15) is 6.61 Å². The second-order valence-electron chi connectivity index (χ2n) is 6.88. The van der Waals surface area contributed by atoms with Crippen LogP contribution >= 0.6 is 0 Å². The molecule has 1 heterocycles. The third-order valence-electron chi connectivity index (χ3n) is 4.74. The zero-order valence-corrected chi connectivity index (χ0v) is 16.7. The van der Waals surface area contributed by atoms with Crippen LogP contribution in [0, 0.1) is 13.8 Å². The van der Waals surface area contributed by atoms with Gasteiger partial charge in [-0.3, -0.25) is 0 Å². The van der Waals surface area contributed by atoms with Crippen molar-refractivity contribution < 1.29 is 14.0 Å². The first-order valence-electron chi connectivity index (χ1n) is 9.40. The molecule has 0 bridgehead atoms. The van der Waals surface area contributed by atoms with Crippen molar-refractivity contribution in [1.82, 2.24) is 10.1 Å². The van der Waals surface area contributed by atoms with E-state index in [9.17, 15) is 0 Å². The Morgan fingerprint density at radius 1 is 0.897 bits per heavy atom. The normalized spacial score (nSPS) is 10.7. The summed E-state index contributed by atoms with van der Waals surface area (Å²) in [5.74, 6) is 2.29. The number of hydrogen-bond donors (Lipinski definition) is 0. The van der Waals surface area contributed by atoms with Crippen LogP contribution in [0.15, 0.2) is 71.3 Å². The molecule has 146 valence electrons. The average molecular weight is 386 g/mol. The van der Waals surface area contributed by atoms with Crippen molar-refractivity contribution in [2.75, 3.05) is 7.11 Å². The quantitative estimate of drug-likeness (QED) is 0.431. The van der Waals surface area contributed by atoms with E-state index in [1.807, 2.05) is 49.4 Å². The molecule has 4 rings (SSSR count). The Balaban J connectivity index is 1.55. The van der Waals surface area contributed by atoms with Crippen molar-refractivity contribution in [2.45, 2.75) is 20.5 Å². The van der Waals surface area contributed by atoms with Crippen molar-refractivity contribution >= 4 is 0 Å². The maximum Gasteiger partial charge on any atom is 0.258 e. The lowest BCUT2D eigenvalue weighted by Gasteiger charge is -2.11. The van der Waals surface area contributed by atoms with Crippen LogP contribution in [0.5, 0.6) is 11.5 Å².